The summed E-state index contributed by atoms with van der Waals surface area (Å²) in [6.45, 7) is 0. The first-order chi connectivity index (χ1) is 12.9. The average molecular weight is 387 g/mol. The minimum Gasteiger partial charge on any atom is -0.377 e. The lowest BCUT2D eigenvalue weighted by Crippen LogP contribution is -2.23. The second-order valence-corrected chi connectivity index (χ2v) is 8.64. The lowest BCUT2D eigenvalue weighted by atomic mass is 9.97. The smallest absolute Gasteiger partial charge is 0.0701 e. The molecule has 0 bridgehead atoms. The molecule has 0 saturated carbocycles. The summed E-state index contributed by atoms with van der Waals surface area (Å²) in [7, 11) is 25.5. The summed E-state index contributed by atoms with van der Waals surface area (Å²) in [6.07, 6.45) is 0. The fourth-order valence-electron chi connectivity index (χ4n) is 3.82. The predicted molar refractivity (Wildman–Crippen MR) is 130 cm³/mol. The number of fused-ring (bicyclic) bond motifs is 1. The molecule has 2 aromatic rings. The third kappa shape index (κ3) is 3.60. The molecule has 0 fully saturated rings. The van der Waals surface area contributed by atoms with Crippen LogP contribution < -0.4 is 29.4 Å². The number of hydrogen-bond donors (Lipinski definition) is 0. The van der Waals surface area contributed by atoms with E-state index in [4.69, 9.17) is 0 Å². The van der Waals surface area contributed by atoms with Crippen molar-refractivity contribution in [2.45, 2.75) is 0 Å². The van der Waals surface area contributed by atoms with Crippen LogP contribution >= 0.6 is 0 Å². The molecule has 6 heteroatoms. The molecular weight excluding hydrogens is 348 g/mol. The predicted octanol–water partition coefficient (Wildman–Crippen LogP) is 3.24. The summed E-state index contributed by atoms with van der Waals surface area (Å²) in [5, 5.41) is 2.55. The Morgan fingerprint density at radius 3 is 0.786 bits per heavy atom. The maximum absolute atomic E-state index is 2.31. The molecule has 0 spiro atoms. The molecule has 0 amide bonds. The van der Waals surface area contributed by atoms with Gasteiger partial charge in [-0.25, -0.2) is 0 Å². The van der Waals surface area contributed by atoms with E-state index in [1.807, 2.05) is 0 Å². The van der Waals surface area contributed by atoms with Gasteiger partial charge in [-0.2, -0.15) is 0 Å². The minimum absolute atomic E-state index is 1.21. The third-order valence-electron chi connectivity index (χ3n) is 5.09. The Bertz CT molecular complexity index is 779. The highest BCUT2D eigenvalue weighted by molar-refractivity contribution is 6.21. The molecule has 28 heavy (non-hydrogen) atoms. The van der Waals surface area contributed by atoms with E-state index in [1.165, 1.54) is 44.9 Å². The van der Waals surface area contributed by atoms with E-state index in [9.17, 15) is 0 Å². The molecule has 0 N–H and O–H groups in total. The van der Waals surface area contributed by atoms with Crippen molar-refractivity contribution in [1.29, 1.82) is 0 Å². The first kappa shape index (κ1) is 21.8. The molecule has 0 heterocycles. The van der Waals surface area contributed by atoms with Gasteiger partial charge in [0.15, 0.2) is 0 Å². The van der Waals surface area contributed by atoms with Crippen molar-refractivity contribution in [3.63, 3.8) is 0 Å². The Kier molecular flexibility index (Phi) is 6.12. The summed E-state index contributed by atoms with van der Waals surface area (Å²) in [4.78, 5) is 13.3. The van der Waals surface area contributed by atoms with Crippen molar-refractivity contribution in [2.24, 2.45) is 0 Å². The number of hydrogen-bond acceptors (Lipinski definition) is 6. The van der Waals surface area contributed by atoms with Crippen molar-refractivity contribution in [3.05, 3.63) is 12.1 Å². The summed E-state index contributed by atoms with van der Waals surface area (Å²) in [5.74, 6) is 0. The molecule has 0 atom stereocenters. The van der Waals surface area contributed by atoms with Crippen LogP contribution in [0.5, 0.6) is 0 Å². The standard InChI is InChI=1S/C22H38N6/c1-23(2)15-13-17(25(5)6)22(28(11)12)20-16(24(3)4)14-18(26(7)8)21(19(15)20)27(9)10/h13-14H,1-12H3. The molecule has 156 valence electrons. The first-order valence-corrected chi connectivity index (χ1v) is 9.61. The molecule has 0 aliphatic carbocycles. The fourth-order valence-corrected chi connectivity index (χ4v) is 3.82. The van der Waals surface area contributed by atoms with Crippen LogP contribution in [0.2, 0.25) is 0 Å². The monoisotopic (exact) mass is 386 g/mol. The molecule has 6 nitrogen and oxygen atoms in total. The van der Waals surface area contributed by atoms with E-state index in [0.29, 0.717) is 0 Å². The van der Waals surface area contributed by atoms with Gasteiger partial charge in [0.25, 0.3) is 0 Å². The summed E-state index contributed by atoms with van der Waals surface area (Å²) in [6, 6.07) is 4.62. The number of anilines is 6. The van der Waals surface area contributed by atoms with Gasteiger partial charge in [0.05, 0.1) is 22.7 Å². The highest BCUT2D eigenvalue weighted by Gasteiger charge is 2.25. The summed E-state index contributed by atoms with van der Waals surface area (Å²) < 4.78 is 0. The first-order valence-electron chi connectivity index (χ1n) is 9.61. The maximum Gasteiger partial charge on any atom is 0.0701 e. The van der Waals surface area contributed by atoms with E-state index in [0.717, 1.165) is 0 Å². The molecule has 2 rings (SSSR count). The fraction of sp³-hybridized carbons (Fsp3) is 0.545. The Morgan fingerprint density at radius 2 is 0.607 bits per heavy atom. The Balaban J connectivity index is 3.31. The molecule has 0 aliphatic heterocycles. The van der Waals surface area contributed by atoms with E-state index < -0.39 is 0 Å². The molecule has 0 radical (unpaired) electrons. The quantitative estimate of drug-likeness (QED) is 0.754. The van der Waals surface area contributed by atoms with Crippen molar-refractivity contribution >= 4 is 44.9 Å². The molecule has 0 unspecified atom stereocenters. The van der Waals surface area contributed by atoms with Gasteiger partial charge < -0.3 is 29.4 Å². The largest absolute Gasteiger partial charge is 0.377 e. The van der Waals surface area contributed by atoms with E-state index in [1.54, 1.807) is 0 Å². The highest BCUT2D eigenvalue weighted by atomic mass is 15.2. The number of benzene rings is 2. The Morgan fingerprint density at radius 1 is 0.357 bits per heavy atom. The van der Waals surface area contributed by atoms with Crippen molar-refractivity contribution in [1.82, 2.24) is 0 Å². The van der Waals surface area contributed by atoms with Crippen LogP contribution in [0.3, 0.4) is 0 Å². The van der Waals surface area contributed by atoms with Gasteiger partial charge in [0.1, 0.15) is 0 Å². The second kappa shape index (κ2) is 7.86. The van der Waals surface area contributed by atoms with Crippen LogP contribution in [0, 0.1) is 0 Å². The highest BCUT2D eigenvalue weighted by Crippen LogP contribution is 2.51. The molecule has 0 saturated heterocycles. The van der Waals surface area contributed by atoms with Gasteiger partial charge in [0, 0.05) is 107 Å². The van der Waals surface area contributed by atoms with E-state index in [2.05, 4.69) is 126 Å². The minimum atomic E-state index is 1.21. The van der Waals surface area contributed by atoms with Crippen LogP contribution in [-0.2, 0) is 0 Å². The van der Waals surface area contributed by atoms with Crippen LogP contribution in [0.1, 0.15) is 0 Å². The molecule has 2 aromatic carbocycles. The summed E-state index contributed by atoms with van der Waals surface area (Å²) in [5.41, 5.74) is 7.35. The maximum atomic E-state index is 2.31. The Labute approximate surface area is 171 Å². The molecule has 0 aliphatic rings. The summed E-state index contributed by atoms with van der Waals surface area (Å²) >= 11 is 0. The van der Waals surface area contributed by atoms with Crippen LogP contribution in [0.25, 0.3) is 10.8 Å². The molecular formula is C22H38N6. The number of rotatable bonds is 6. The SMILES string of the molecule is CN(C)c1cc(N(C)C)c2c(N(C)C)c(N(C)C)cc(N(C)C)c2c1N(C)C. The van der Waals surface area contributed by atoms with Crippen molar-refractivity contribution in [2.75, 3.05) is 114 Å². The Hall–Kier alpha value is -2.50. The average Bonchev–Trinajstić information content (AvgIpc) is 2.57. The van der Waals surface area contributed by atoms with Crippen LogP contribution in [0.15, 0.2) is 12.1 Å². The zero-order valence-corrected chi connectivity index (χ0v) is 19.8. The van der Waals surface area contributed by atoms with Gasteiger partial charge in [-0.15, -0.1) is 0 Å². The van der Waals surface area contributed by atoms with E-state index in [-0.39, 0.29) is 0 Å². The topological polar surface area (TPSA) is 19.4 Å². The lowest BCUT2D eigenvalue weighted by Gasteiger charge is -2.34. The van der Waals surface area contributed by atoms with Gasteiger partial charge in [-0.1, -0.05) is 0 Å². The van der Waals surface area contributed by atoms with Crippen LogP contribution in [-0.4, -0.2) is 84.6 Å². The second-order valence-electron chi connectivity index (χ2n) is 8.64. The zero-order valence-electron chi connectivity index (χ0n) is 19.8. The number of nitrogens with zero attached hydrogens (tertiary/aromatic N) is 6. The third-order valence-corrected chi connectivity index (χ3v) is 5.09. The van der Waals surface area contributed by atoms with Gasteiger partial charge >= 0.3 is 0 Å². The van der Waals surface area contributed by atoms with Gasteiger partial charge in [-0.05, 0) is 12.1 Å². The van der Waals surface area contributed by atoms with Crippen LogP contribution in [0.4, 0.5) is 34.1 Å². The van der Waals surface area contributed by atoms with Gasteiger partial charge in [-0.3, -0.25) is 0 Å². The normalized spacial score (nSPS) is 10.9. The lowest BCUT2D eigenvalue weighted by molar-refractivity contribution is 1.06. The van der Waals surface area contributed by atoms with E-state index >= 15 is 0 Å². The molecule has 0 aromatic heterocycles. The van der Waals surface area contributed by atoms with Crippen molar-refractivity contribution in [3.8, 4) is 0 Å². The zero-order chi connectivity index (χ0) is 21.5. The van der Waals surface area contributed by atoms with Gasteiger partial charge in [0.2, 0.25) is 0 Å². The van der Waals surface area contributed by atoms with Crippen molar-refractivity contribution < 1.29 is 0 Å².